The molecule has 4 heterocycles. The van der Waals surface area contributed by atoms with Gasteiger partial charge in [-0.2, -0.15) is 0 Å². The molecule has 1 aliphatic carbocycles. The lowest BCUT2D eigenvalue weighted by Gasteiger charge is -2.47. The maximum absolute atomic E-state index is 14.6. The minimum Gasteiger partial charge on any atom is -0.479 e. The highest BCUT2D eigenvalue weighted by Crippen LogP contribution is 2.40. The molecular weight excluding hydrogens is 933 g/mol. The van der Waals surface area contributed by atoms with E-state index in [0.29, 0.717) is 81.4 Å². The fraction of sp³-hybridized carbons (Fsp3) is 0.704. The summed E-state index contributed by atoms with van der Waals surface area (Å²) in [6.07, 6.45) is 1.74. The number of nitrogens with one attached hydrogen (secondary N) is 1. The number of hydrogen-bond donors (Lipinski definition) is 3. The largest absolute Gasteiger partial charge is 0.479 e. The maximum Gasteiger partial charge on any atom is 0.411 e. The second-order valence-corrected chi connectivity index (χ2v) is 20.7. The Balaban J connectivity index is 1.23. The third kappa shape index (κ3) is 13.7. The van der Waals surface area contributed by atoms with Crippen LogP contribution in [0.4, 0.5) is 10.5 Å². The number of amides is 2. The Morgan fingerprint density at radius 1 is 0.875 bits per heavy atom. The number of hydrogen-bond acceptors (Lipinski definition) is 16. The van der Waals surface area contributed by atoms with Crippen molar-refractivity contribution in [3.63, 3.8) is 0 Å². The lowest BCUT2D eigenvalue weighted by Crippen LogP contribution is -2.64. The number of piperidine rings is 1. The molecule has 1 saturated carbocycles. The molecule has 6 rings (SSSR count). The van der Waals surface area contributed by atoms with E-state index in [1.807, 2.05) is 32.9 Å². The van der Waals surface area contributed by atoms with Gasteiger partial charge in [0.2, 0.25) is 5.79 Å². The first kappa shape index (κ1) is 56.6. The number of fused-ring (bicyclic) bond motifs is 3. The van der Waals surface area contributed by atoms with Crippen LogP contribution in [0.15, 0.2) is 47.6 Å². The molecule has 4 aliphatic heterocycles. The zero-order valence-corrected chi connectivity index (χ0v) is 43.5. The first-order valence-electron chi connectivity index (χ1n) is 25.8. The van der Waals surface area contributed by atoms with Crippen molar-refractivity contribution in [3.05, 3.63) is 47.6 Å². The van der Waals surface area contributed by atoms with Gasteiger partial charge in [-0.15, -0.1) is 0 Å². The summed E-state index contributed by atoms with van der Waals surface area (Å²) in [4.78, 5) is 83.4. The summed E-state index contributed by atoms with van der Waals surface area (Å²) in [5.41, 5.74) is 2.02. The van der Waals surface area contributed by atoms with Gasteiger partial charge in [0.25, 0.3) is 11.7 Å². The second kappa shape index (κ2) is 25.5. The van der Waals surface area contributed by atoms with Gasteiger partial charge in [-0.05, 0) is 120 Å². The SMILES string of the molecule is CC[C@@H]1/C=C(\C)C[C@H](C)C[C@H](OC)C2O[C@@](O)(C(=O)C(=O)N3CCCC[C@H]3C(=O)O[C@H](/C(C)=C/[C@@H]3CC[C@@H](OC(=O)Nc4ccc(OC5CCOC5=O)cc4)[C@H](OC)C3)[C@H](C)[C@@H](O)CC1=O)[C@H](C)C[C@@H]2OC. The number of aliphatic hydroxyl groups excluding tert-OH is 1. The zero-order chi connectivity index (χ0) is 52.4. The van der Waals surface area contributed by atoms with Crippen molar-refractivity contribution in [1.82, 2.24) is 4.90 Å². The highest BCUT2D eigenvalue weighted by Gasteiger charge is 2.56. The van der Waals surface area contributed by atoms with Crippen LogP contribution in [0.3, 0.4) is 0 Å². The fourth-order valence-corrected chi connectivity index (χ4v) is 11.2. The standard InChI is InChI=1S/C54H78N2O16/c1-10-36-24-30(2)23-31(3)25-45(66-8)48-46(67-9)27-33(5)54(64,72-48)49(59)50(60)56-21-12-11-13-39(56)51(61)71-47(34(6)40(57)29-41(36)58)32(4)26-35-14-19-42(44(28-35)65-7)70-53(63)55-37-15-17-38(18-16-37)69-43-20-22-68-52(43)62/h15-18,24,26,31,33-36,39-40,42-48,57,64H,10-14,19-23,25,27-29H2,1-9H3,(H,55,63)/b30-24+,32-26+/t31-,33+,34+,35-,36+,39-,40-,42+,43?,44+,45-,46-,47+,48?,54+/m0/s1. The van der Waals surface area contributed by atoms with Crippen molar-refractivity contribution in [2.45, 2.75) is 179 Å². The number of nitrogens with zero attached hydrogens (tertiary/aromatic N) is 1. The van der Waals surface area contributed by atoms with Gasteiger partial charge in [0.1, 0.15) is 35.9 Å². The van der Waals surface area contributed by atoms with Crippen molar-refractivity contribution < 1.29 is 76.9 Å². The summed E-state index contributed by atoms with van der Waals surface area (Å²) in [7, 11) is 4.58. The molecule has 18 nitrogen and oxygen atoms in total. The first-order chi connectivity index (χ1) is 34.3. The predicted molar refractivity (Wildman–Crippen MR) is 262 cm³/mol. The molecule has 400 valence electrons. The Kier molecular flexibility index (Phi) is 20.0. The Morgan fingerprint density at radius 3 is 2.22 bits per heavy atom. The topological polar surface area (TPSA) is 232 Å². The zero-order valence-electron chi connectivity index (χ0n) is 43.5. The van der Waals surface area contributed by atoms with E-state index < -0.39 is 108 Å². The van der Waals surface area contributed by atoms with Gasteiger partial charge in [-0.3, -0.25) is 19.7 Å². The summed E-state index contributed by atoms with van der Waals surface area (Å²) < 4.78 is 46.8. The number of ketones is 2. The molecule has 1 aromatic rings. The van der Waals surface area contributed by atoms with E-state index in [1.54, 1.807) is 45.0 Å². The van der Waals surface area contributed by atoms with Gasteiger partial charge in [-0.25, -0.2) is 14.4 Å². The number of rotatable bonds is 10. The molecule has 4 fully saturated rings. The Bertz CT molecular complexity index is 2130. The van der Waals surface area contributed by atoms with Crippen LogP contribution in [-0.4, -0.2) is 146 Å². The Morgan fingerprint density at radius 2 is 1.57 bits per heavy atom. The van der Waals surface area contributed by atoms with Crippen molar-refractivity contribution in [1.29, 1.82) is 0 Å². The molecule has 18 heteroatoms. The van der Waals surface area contributed by atoms with E-state index in [-0.39, 0.29) is 43.4 Å². The lowest BCUT2D eigenvalue weighted by atomic mass is 9.81. The molecule has 3 N–H and O–H groups in total. The van der Waals surface area contributed by atoms with Crippen molar-refractivity contribution >= 4 is 41.2 Å². The van der Waals surface area contributed by atoms with Crippen molar-refractivity contribution in [3.8, 4) is 5.75 Å². The van der Waals surface area contributed by atoms with Gasteiger partial charge in [-0.1, -0.05) is 45.4 Å². The summed E-state index contributed by atoms with van der Waals surface area (Å²) in [6, 6.07) is 5.36. The molecule has 0 radical (unpaired) electrons. The van der Waals surface area contributed by atoms with Crippen LogP contribution in [0.25, 0.3) is 0 Å². The summed E-state index contributed by atoms with van der Waals surface area (Å²) >= 11 is 0. The molecule has 2 bridgehead atoms. The molecule has 15 atom stereocenters. The number of ether oxygens (including phenoxy) is 8. The minimum absolute atomic E-state index is 0.00190. The van der Waals surface area contributed by atoms with Gasteiger partial charge in [0, 0.05) is 64.2 Å². The van der Waals surface area contributed by atoms with Crippen LogP contribution >= 0.6 is 0 Å². The van der Waals surface area contributed by atoms with Crippen molar-refractivity contribution in [2.24, 2.45) is 29.6 Å². The molecular formula is C54H78N2O16. The molecule has 0 aromatic heterocycles. The number of cyclic esters (lactones) is 2. The number of anilines is 1. The van der Waals surface area contributed by atoms with E-state index in [4.69, 9.17) is 37.9 Å². The van der Waals surface area contributed by atoms with E-state index in [9.17, 15) is 39.0 Å². The second-order valence-electron chi connectivity index (χ2n) is 20.7. The normalized spacial score (nSPS) is 36.8. The van der Waals surface area contributed by atoms with Crippen LogP contribution in [0.2, 0.25) is 0 Å². The average Bonchev–Trinajstić information content (AvgIpc) is 3.77. The number of aliphatic hydroxyl groups is 2. The Labute approximate surface area is 423 Å². The van der Waals surface area contributed by atoms with Crippen LogP contribution in [0.1, 0.15) is 119 Å². The highest BCUT2D eigenvalue weighted by molar-refractivity contribution is 6.39. The van der Waals surface area contributed by atoms with Crippen LogP contribution < -0.4 is 10.1 Å². The lowest BCUT2D eigenvalue weighted by molar-refractivity contribution is -0.302. The summed E-state index contributed by atoms with van der Waals surface area (Å²) in [5, 5.41) is 26.7. The number of Topliss-reactive ketones (excluding diaryl/α,β-unsaturated/α-hetero) is 2. The van der Waals surface area contributed by atoms with E-state index in [2.05, 4.69) is 5.32 Å². The molecule has 2 amide bonds. The number of benzene rings is 1. The molecule has 1 aromatic carbocycles. The number of carbonyl (C=O) groups is 6. The van der Waals surface area contributed by atoms with Gasteiger partial charge in [0.05, 0.1) is 31.0 Å². The Hall–Kier alpha value is -4.72. The minimum atomic E-state index is -2.54. The number of allylic oxidation sites excluding steroid dienone is 3. The first-order valence-corrected chi connectivity index (χ1v) is 25.8. The van der Waals surface area contributed by atoms with Crippen LogP contribution in [-0.2, 0) is 57.1 Å². The van der Waals surface area contributed by atoms with Crippen molar-refractivity contribution in [2.75, 3.05) is 39.8 Å². The van der Waals surface area contributed by atoms with E-state index in [0.717, 1.165) is 5.57 Å². The average molecular weight is 1010 g/mol. The summed E-state index contributed by atoms with van der Waals surface area (Å²) in [5.74, 6) is -7.99. The van der Waals surface area contributed by atoms with E-state index >= 15 is 0 Å². The smallest absolute Gasteiger partial charge is 0.411 e. The quantitative estimate of drug-likeness (QED) is 0.0993. The van der Waals surface area contributed by atoms with Gasteiger partial charge in [0.15, 0.2) is 6.10 Å². The van der Waals surface area contributed by atoms with Crippen LogP contribution in [0.5, 0.6) is 5.75 Å². The number of methoxy groups -OCH3 is 3. The fourth-order valence-electron chi connectivity index (χ4n) is 11.2. The number of carbonyl (C=O) groups excluding carboxylic acids is 6. The maximum atomic E-state index is 14.6. The molecule has 3 saturated heterocycles. The van der Waals surface area contributed by atoms with Gasteiger partial charge >= 0.3 is 18.0 Å². The predicted octanol–water partition coefficient (Wildman–Crippen LogP) is 6.42. The molecule has 2 unspecified atom stereocenters. The van der Waals surface area contributed by atoms with Crippen LogP contribution in [0, 0.1) is 29.6 Å². The van der Waals surface area contributed by atoms with E-state index in [1.165, 1.54) is 26.2 Å². The molecule has 72 heavy (non-hydrogen) atoms. The third-order valence-corrected chi connectivity index (χ3v) is 15.4. The third-order valence-electron chi connectivity index (χ3n) is 15.4. The summed E-state index contributed by atoms with van der Waals surface area (Å²) in [6.45, 7) is 11.4. The molecule has 0 spiro atoms. The highest BCUT2D eigenvalue weighted by atomic mass is 16.7. The van der Waals surface area contributed by atoms with Gasteiger partial charge < -0.3 is 53.0 Å². The molecule has 5 aliphatic rings. The number of esters is 2. The monoisotopic (exact) mass is 1010 g/mol.